The van der Waals surface area contributed by atoms with Gasteiger partial charge in [0.25, 0.3) is 0 Å². The molecule has 0 fully saturated rings. The second-order valence-corrected chi connectivity index (χ2v) is 6.30. The molecule has 0 bridgehead atoms. The van der Waals surface area contributed by atoms with E-state index in [0.29, 0.717) is 13.1 Å². The summed E-state index contributed by atoms with van der Waals surface area (Å²) in [6, 6.07) is 3.29. The largest absolute Gasteiger partial charge is 0.369 e. The number of nitrogens with two attached hydrogens (primary N) is 1. The maximum atomic E-state index is 13.8. The fraction of sp³-hybridized carbons (Fsp3) is 0.467. The zero-order valence-corrected chi connectivity index (χ0v) is 14.0. The van der Waals surface area contributed by atoms with Crippen molar-refractivity contribution in [3.05, 3.63) is 35.4 Å². The molecule has 1 rings (SSSR count). The number of carbonyl (C=O) groups is 2. The Labute approximate surface area is 138 Å². The van der Waals surface area contributed by atoms with Crippen LogP contribution in [-0.4, -0.2) is 60.3 Å². The van der Waals surface area contributed by atoms with Gasteiger partial charge in [0.1, 0.15) is 11.6 Å². The van der Waals surface area contributed by atoms with Crippen molar-refractivity contribution in [3.63, 3.8) is 0 Å². The molecular formula is C15H21F2N3O2S. The first-order valence-corrected chi connectivity index (χ1v) is 8.17. The minimum atomic E-state index is -0.683. The predicted octanol–water partition coefficient (Wildman–Crippen LogP) is 1.07. The van der Waals surface area contributed by atoms with Crippen molar-refractivity contribution in [2.24, 2.45) is 5.73 Å². The van der Waals surface area contributed by atoms with E-state index in [1.807, 2.05) is 19.0 Å². The molecule has 0 saturated heterocycles. The van der Waals surface area contributed by atoms with Gasteiger partial charge in [0.15, 0.2) is 0 Å². The minimum absolute atomic E-state index is 0.0515. The first-order chi connectivity index (χ1) is 10.8. The van der Waals surface area contributed by atoms with Crippen LogP contribution < -0.4 is 5.73 Å². The van der Waals surface area contributed by atoms with Gasteiger partial charge in [-0.2, -0.15) is 0 Å². The van der Waals surface area contributed by atoms with Crippen LogP contribution in [0, 0.1) is 11.6 Å². The van der Waals surface area contributed by atoms with E-state index in [4.69, 9.17) is 5.73 Å². The van der Waals surface area contributed by atoms with E-state index in [9.17, 15) is 18.4 Å². The van der Waals surface area contributed by atoms with Crippen LogP contribution in [0.4, 0.5) is 8.78 Å². The van der Waals surface area contributed by atoms with Gasteiger partial charge in [-0.25, -0.2) is 8.78 Å². The molecule has 0 radical (unpaired) electrons. The maximum Gasteiger partial charge on any atom is 0.232 e. The molecule has 0 saturated carbocycles. The molecule has 1 aromatic carbocycles. The second-order valence-electron chi connectivity index (χ2n) is 5.31. The Morgan fingerprint density at radius 3 is 2.43 bits per heavy atom. The highest BCUT2D eigenvalue weighted by Crippen LogP contribution is 2.13. The average molecular weight is 345 g/mol. The molecule has 0 aliphatic carbocycles. The summed E-state index contributed by atoms with van der Waals surface area (Å²) in [5.74, 6) is -1.92. The number of thioether (sulfide) groups is 1. The molecule has 0 aliphatic rings. The zero-order chi connectivity index (χ0) is 17.4. The lowest BCUT2D eigenvalue weighted by molar-refractivity contribution is -0.129. The van der Waals surface area contributed by atoms with E-state index in [-0.39, 0.29) is 29.5 Å². The molecule has 0 unspecified atom stereocenters. The molecule has 5 nitrogen and oxygen atoms in total. The number of nitrogens with zero attached hydrogens (tertiary/aromatic N) is 2. The highest BCUT2D eigenvalue weighted by Gasteiger charge is 2.17. The fourth-order valence-corrected chi connectivity index (χ4v) is 2.46. The number of carbonyl (C=O) groups excluding carboxylic acids is 2. The number of halogens is 2. The summed E-state index contributed by atoms with van der Waals surface area (Å²) >= 11 is 1.12. The first kappa shape index (κ1) is 19.4. The van der Waals surface area contributed by atoms with Gasteiger partial charge >= 0.3 is 0 Å². The average Bonchev–Trinajstić information content (AvgIpc) is 2.44. The third-order valence-corrected chi connectivity index (χ3v) is 3.96. The number of likely N-dealkylation sites (N-methyl/N-ethyl adjacent to an activating group) is 1. The smallest absolute Gasteiger partial charge is 0.232 e. The fourth-order valence-electron chi connectivity index (χ4n) is 1.80. The third kappa shape index (κ3) is 7.43. The molecule has 23 heavy (non-hydrogen) atoms. The van der Waals surface area contributed by atoms with Gasteiger partial charge in [0.2, 0.25) is 11.8 Å². The van der Waals surface area contributed by atoms with E-state index >= 15 is 0 Å². The number of hydrogen-bond donors (Lipinski definition) is 1. The molecule has 0 aliphatic heterocycles. The van der Waals surface area contributed by atoms with Crippen LogP contribution in [0.15, 0.2) is 18.2 Å². The van der Waals surface area contributed by atoms with Crippen molar-refractivity contribution in [2.45, 2.75) is 6.54 Å². The van der Waals surface area contributed by atoms with Crippen molar-refractivity contribution >= 4 is 23.6 Å². The lowest BCUT2D eigenvalue weighted by atomic mass is 10.2. The third-order valence-electron chi connectivity index (χ3n) is 3.02. The Kier molecular flexibility index (Phi) is 7.97. The summed E-state index contributed by atoms with van der Waals surface area (Å²) in [5.41, 5.74) is 5.28. The molecular weight excluding hydrogens is 324 g/mol. The van der Waals surface area contributed by atoms with Crippen molar-refractivity contribution < 1.29 is 18.4 Å². The van der Waals surface area contributed by atoms with Crippen molar-refractivity contribution in [3.8, 4) is 0 Å². The maximum absolute atomic E-state index is 13.8. The van der Waals surface area contributed by atoms with Gasteiger partial charge in [0.05, 0.1) is 11.5 Å². The molecule has 0 atom stereocenters. The van der Waals surface area contributed by atoms with Gasteiger partial charge in [0, 0.05) is 31.3 Å². The second kappa shape index (κ2) is 9.46. The summed E-state index contributed by atoms with van der Waals surface area (Å²) in [6.45, 7) is 1.06. The van der Waals surface area contributed by atoms with Crippen molar-refractivity contribution in [1.82, 2.24) is 9.80 Å². The Hall–Kier alpha value is -1.67. The van der Waals surface area contributed by atoms with E-state index in [1.165, 1.54) is 11.0 Å². The molecule has 2 amide bonds. The summed E-state index contributed by atoms with van der Waals surface area (Å²) in [7, 11) is 3.73. The molecule has 0 spiro atoms. The Morgan fingerprint density at radius 2 is 1.87 bits per heavy atom. The van der Waals surface area contributed by atoms with Gasteiger partial charge in [-0.3, -0.25) is 9.59 Å². The Bertz CT molecular complexity index is 556. The highest BCUT2D eigenvalue weighted by molar-refractivity contribution is 8.00. The standard InChI is InChI=1S/C15H21F2N3O2S/c1-19(2)5-6-20(15(22)10-23-9-14(18)21)8-11-3-4-12(16)7-13(11)17/h3-4,7H,5-6,8-10H2,1-2H3,(H2,18,21). The number of rotatable bonds is 9. The van der Waals surface area contributed by atoms with E-state index < -0.39 is 17.5 Å². The van der Waals surface area contributed by atoms with Crippen LogP contribution in [0.5, 0.6) is 0 Å². The summed E-state index contributed by atoms with van der Waals surface area (Å²) < 4.78 is 26.7. The molecule has 8 heteroatoms. The summed E-state index contributed by atoms with van der Waals surface area (Å²) in [6.07, 6.45) is 0. The molecule has 128 valence electrons. The van der Waals surface area contributed by atoms with Crippen LogP contribution >= 0.6 is 11.8 Å². The number of amides is 2. The van der Waals surface area contributed by atoms with Gasteiger partial charge in [-0.1, -0.05) is 6.07 Å². The quantitative estimate of drug-likeness (QED) is 0.727. The van der Waals surface area contributed by atoms with Gasteiger partial charge in [-0.05, 0) is 20.2 Å². The molecule has 2 N–H and O–H groups in total. The van der Waals surface area contributed by atoms with Crippen LogP contribution in [-0.2, 0) is 16.1 Å². The van der Waals surface area contributed by atoms with Crippen molar-refractivity contribution in [2.75, 3.05) is 38.7 Å². The van der Waals surface area contributed by atoms with E-state index in [2.05, 4.69) is 0 Å². The summed E-state index contributed by atoms with van der Waals surface area (Å²) in [5, 5.41) is 0. The first-order valence-electron chi connectivity index (χ1n) is 7.02. The Morgan fingerprint density at radius 1 is 1.17 bits per heavy atom. The van der Waals surface area contributed by atoms with Crippen LogP contribution in [0.1, 0.15) is 5.56 Å². The number of hydrogen-bond acceptors (Lipinski definition) is 4. The SMILES string of the molecule is CN(C)CCN(Cc1ccc(F)cc1F)C(=O)CSCC(N)=O. The lowest BCUT2D eigenvalue weighted by Crippen LogP contribution is -2.37. The lowest BCUT2D eigenvalue weighted by Gasteiger charge is -2.24. The number of primary amides is 1. The van der Waals surface area contributed by atoms with Gasteiger partial charge in [-0.15, -0.1) is 11.8 Å². The van der Waals surface area contributed by atoms with Crippen LogP contribution in [0.2, 0.25) is 0 Å². The molecule has 0 heterocycles. The number of benzene rings is 1. The zero-order valence-electron chi connectivity index (χ0n) is 13.2. The highest BCUT2D eigenvalue weighted by atomic mass is 32.2. The normalized spacial score (nSPS) is 10.8. The molecule has 1 aromatic rings. The summed E-state index contributed by atoms with van der Waals surface area (Å²) in [4.78, 5) is 26.4. The molecule has 0 aromatic heterocycles. The monoisotopic (exact) mass is 345 g/mol. The van der Waals surface area contributed by atoms with Crippen molar-refractivity contribution in [1.29, 1.82) is 0 Å². The van der Waals surface area contributed by atoms with Crippen LogP contribution in [0.25, 0.3) is 0 Å². The minimum Gasteiger partial charge on any atom is -0.369 e. The van der Waals surface area contributed by atoms with E-state index in [1.54, 1.807) is 0 Å². The van der Waals surface area contributed by atoms with Crippen LogP contribution in [0.3, 0.4) is 0 Å². The Balaban J connectivity index is 2.74. The topological polar surface area (TPSA) is 66.6 Å². The van der Waals surface area contributed by atoms with E-state index in [0.717, 1.165) is 23.9 Å². The predicted molar refractivity (Wildman–Crippen MR) is 86.8 cm³/mol. The van der Waals surface area contributed by atoms with Gasteiger partial charge < -0.3 is 15.5 Å².